The Labute approximate surface area is 193 Å². The van der Waals surface area contributed by atoms with E-state index in [-0.39, 0.29) is 12.2 Å². The second-order valence-electron chi connectivity index (χ2n) is 7.90. The van der Waals surface area contributed by atoms with E-state index in [2.05, 4.69) is 10.3 Å². The van der Waals surface area contributed by atoms with Crippen LogP contribution in [0.5, 0.6) is 11.5 Å². The minimum absolute atomic E-state index is 0.167. The van der Waals surface area contributed by atoms with Gasteiger partial charge in [0.15, 0.2) is 11.3 Å². The van der Waals surface area contributed by atoms with E-state index in [0.29, 0.717) is 41.5 Å². The van der Waals surface area contributed by atoms with Gasteiger partial charge in [-0.1, -0.05) is 17.3 Å². The molecule has 5 rings (SSSR count). The lowest BCUT2D eigenvalue weighted by atomic mass is 10.1. The molecule has 0 unspecified atom stereocenters. The highest BCUT2D eigenvalue weighted by atomic mass is 16.5. The van der Waals surface area contributed by atoms with Crippen LogP contribution in [-0.4, -0.2) is 21.6 Å². The van der Waals surface area contributed by atoms with E-state index in [1.54, 1.807) is 23.0 Å². The molecule has 0 radical (unpaired) electrons. The van der Waals surface area contributed by atoms with Gasteiger partial charge >= 0.3 is 11.3 Å². The zero-order valence-electron chi connectivity index (χ0n) is 18.6. The molecule has 3 heterocycles. The van der Waals surface area contributed by atoms with Crippen LogP contribution in [-0.2, 0) is 13.2 Å². The third kappa shape index (κ3) is 4.40. The SMILES string of the molecule is Cc1cc(=O)oc2cc(OCCn3cc(COc4cccc5c(C)cc(=O)oc45)nn3)ccc12. The van der Waals surface area contributed by atoms with Gasteiger partial charge in [0.25, 0.3) is 0 Å². The predicted octanol–water partition coefficient (Wildman–Crippen LogP) is 3.77. The molecular formula is C25H21N3O6. The number of aromatic nitrogens is 3. The molecule has 0 spiro atoms. The topological polar surface area (TPSA) is 110 Å². The number of fused-ring (bicyclic) bond motifs is 2. The largest absolute Gasteiger partial charge is 0.492 e. The van der Waals surface area contributed by atoms with Crippen LogP contribution in [0.1, 0.15) is 16.8 Å². The van der Waals surface area contributed by atoms with Crippen molar-refractivity contribution in [1.82, 2.24) is 15.0 Å². The first-order chi connectivity index (χ1) is 16.5. The third-order valence-corrected chi connectivity index (χ3v) is 5.41. The van der Waals surface area contributed by atoms with Gasteiger partial charge in [-0.05, 0) is 43.2 Å². The fraction of sp³-hybridized carbons (Fsp3) is 0.200. The molecule has 0 aliphatic heterocycles. The second-order valence-corrected chi connectivity index (χ2v) is 7.90. The van der Waals surface area contributed by atoms with Crippen LogP contribution in [0.2, 0.25) is 0 Å². The van der Waals surface area contributed by atoms with Crippen molar-refractivity contribution in [2.45, 2.75) is 27.0 Å². The molecule has 34 heavy (non-hydrogen) atoms. The van der Waals surface area contributed by atoms with Crippen molar-refractivity contribution in [3.63, 3.8) is 0 Å². The lowest BCUT2D eigenvalue weighted by Gasteiger charge is -2.08. The maximum absolute atomic E-state index is 11.8. The Hall–Kier alpha value is -4.40. The molecule has 0 bridgehead atoms. The number of aryl methyl sites for hydroxylation is 2. The van der Waals surface area contributed by atoms with Crippen molar-refractivity contribution >= 4 is 21.9 Å². The fourth-order valence-corrected chi connectivity index (χ4v) is 3.75. The van der Waals surface area contributed by atoms with Crippen molar-refractivity contribution in [3.05, 3.63) is 92.4 Å². The van der Waals surface area contributed by atoms with Crippen LogP contribution < -0.4 is 20.7 Å². The molecular weight excluding hydrogens is 438 g/mol. The van der Waals surface area contributed by atoms with Gasteiger partial charge in [-0.2, -0.15) is 0 Å². The van der Waals surface area contributed by atoms with Crippen molar-refractivity contribution in [1.29, 1.82) is 0 Å². The Morgan fingerprint density at radius 1 is 0.912 bits per heavy atom. The van der Waals surface area contributed by atoms with Crippen LogP contribution in [0, 0.1) is 13.8 Å². The van der Waals surface area contributed by atoms with Gasteiger partial charge < -0.3 is 18.3 Å². The molecule has 9 heteroatoms. The van der Waals surface area contributed by atoms with Gasteiger partial charge in [-0.3, -0.25) is 0 Å². The van der Waals surface area contributed by atoms with Crippen LogP contribution in [0.4, 0.5) is 0 Å². The maximum atomic E-state index is 11.8. The van der Waals surface area contributed by atoms with E-state index in [4.69, 9.17) is 18.3 Å². The van der Waals surface area contributed by atoms with Gasteiger partial charge in [0, 0.05) is 29.0 Å². The quantitative estimate of drug-likeness (QED) is 0.338. The molecule has 0 fully saturated rings. The van der Waals surface area contributed by atoms with Crippen molar-refractivity contribution in [2.24, 2.45) is 0 Å². The number of hydrogen-bond donors (Lipinski definition) is 0. The summed E-state index contributed by atoms with van der Waals surface area (Å²) in [5, 5.41) is 9.91. The van der Waals surface area contributed by atoms with Gasteiger partial charge in [0.1, 0.15) is 30.2 Å². The fourth-order valence-electron chi connectivity index (χ4n) is 3.75. The summed E-state index contributed by atoms with van der Waals surface area (Å²) >= 11 is 0. The van der Waals surface area contributed by atoms with Gasteiger partial charge in [-0.25, -0.2) is 14.3 Å². The highest BCUT2D eigenvalue weighted by molar-refractivity contribution is 5.85. The van der Waals surface area contributed by atoms with E-state index < -0.39 is 5.63 Å². The highest BCUT2D eigenvalue weighted by Crippen LogP contribution is 2.27. The minimum atomic E-state index is -0.421. The first-order valence-electron chi connectivity index (χ1n) is 10.7. The number of nitrogens with zero attached hydrogens (tertiary/aromatic N) is 3. The lowest BCUT2D eigenvalue weighted by molar-refractivity contribution is 0.289. The monoisotopic (exact) mass is 459 g/mol. The van der Waals surface area contributed by atoms with E-state index >= 15 is 0 Å². The summed E-state index contributed by atoms with van der Waals surface area (Å²) in [7, 11) is 0. The Morgan fingerprint density at radius 2 is 1.71 bits per heavy atom. The Kier molecular flexibility index (Phi) is 5.59. The average Bonchev–Trinajstić information content (AvgIpc) is 3.25. The molecule has 0 atom stereocenters. The number of hydrogen-bond acceptors (Lipinski definition) is 8. The van der Waals surface area contributed by atoms with Crippen LogP contribution in [0.15, 0.2) is 73.2 Å². The molecule has 0 N–H and O–H groups in total. The van der Waals surface area contributed by atoms with Gasteiger partial charge in [-0.15, -0.1) is 5.10 Å². The zero-order chi connectivity index (χ0) is 23.7. The van der Waals surface area contributed by atoms with Crippen LogP contribution >= 0.6 is 0 Å². The predicted molar refractivity (Wildman–Crippen MR) is 124 cm³/mol. The van der Waals surface area contributed by atoms with E-state index in [9.17, 15) is 9.59 Å². The molecule has 0 saturated carbocycles. The van der Waals surface area contributed by atoms with Crippen LogP contribution in [0.3, 0.4) is 0 Å². The molecule has 172 valence electrons. The number of benzene rings is 2. The first kappa shape index (κ1) is 21.4. The summed E-state index contributed by atoms with van der Waals surface area (Å²) in [5.74, 6) is 1.06. The molecule has 0 amide bonds. The molecule has 9 nitrogen and oxygen atoms in total. The van der Waals surface area contributed by atoms with E-state index in [0.717, 1.165) is 21.9 Å². The zero-order valence-corrected chi connectivity index (χ0v) is 18.6. The Morgan fingerprint density at radius 3 is 2.56 bits per heavy atom. The Bertz CT molecular complexity index is 1620. The number of ether oxygens (including phenoxy) is 2. The number of rotatable bonds is 7. The first-order valence-corrected chi connectivity index (χ1v) is 10.7. The van der Waals surface area contributed by atoms with E-state index in [1.165, 1.54) is 12.1 Å². The van der Waals surface area contributed by atoms with E-state index in [1.807, 2.05) is 38.1 Å². The molecule has 0 saturated heterocycles. The summed E-state index contributed by atoms with van der Waals surface area (Å²) in [6.45, 7) is 4.69. The molecule has 3 aromatic heterocycles. The summed E-state index contributed by atoms with van der Waals surface area (Å²) in [4.78, 5) is 23.4. The molecule has 0 aliphatic carbocycles. The molecule has 0 aliphatic rings. The Balaban J connectivity index is 1.21. The van der Waals surface area contributed by atoms with Crippen molar-refractivity contribution < 1.29 is 18.3 Å². The normalized spacial score (nSPS) is 11.2. The summed E-state index contributed by atoms with van der Waals surface area (Å²) in [5.41, 5.74) is 2.39. The molecule has 5 aromatic rings. The summed E-state index contributed by atoms with van der Waals surface area (Å²) in [6.07, 6.45) is 1.76. The highest BCUT2D eigenvalue weighted by Gasteiger charge is 2.10. The number of para-hydroxylation sites is 1. The van der Waals surface area contributed by atoms with Crippen LogP contribution in [0.25, 0.3) is 21.9 Å². The smallest absolute Gasteiger partial charge is 0.336 e. The molecule has 2 aromatic carbocycles. The second kappa shape index (κ2) is 8.86. The van der Waals surface area contributed by atoms with Crippen molar-refractivity contribution in [2.75, 3.05) is 6.61 Å². The third-order valence-electron chi connectivity index (χ3n) is 5.41. The minimum Gasteiger partial charge on any atom is -0.492 e. The van der Waals surface area contributed by atoms with Crippen molar-refractivity contribution in [3.8, 4) is 11.5 Å². The maximum Gasteiger partial charge on any atom is 0.336 e. The van der Waals surface area contributed by atoms with Gasteiger partial charge in [0.05, 0.1) is 12.7 Å². The average molecular weight is 459 g/mol. The summed E-state index contributed by atoms with van der Waals surface area (Å²) < 4.78 is 23.9. The summed E-state index contributed by atoms with van der Waals surface area (Å²) in [6, 6.07) is 13.8. The standard InChI is InChI=1S/C25H21N3O6/c1-15-10-23(29)33-22-12-18(6-7-19(15)22)31-9-8-28-13-17(26-27-28)14-32-21-5-3-4-20-16(2)11-24(30)34-25(20)21/h3-7,10-13H,8-9,14H2,1-2H3. The van der Waals surface area contributed by atoms with Gasteiger partial charge in [0.2, 0.25) is 0 Å². The lowest BCUT2D eigenvalue weighted by Crippen LogP contribution is -2.09.